The molecule has 1 aromatic rings. The van der Waals surface area contributed by atoms with Crippen molar-refractivity contribution in [2.75, 3.05) is 12.4 Å². The summed E-state index contributed by atoms with van der Waals surface area (Å²) >= 11 is 0. The van der Waals surface area contributed by atoms with Gasteiger partial charge in [-0.05, 0) is 32.4 Å². The Morgan fingerprint density at radius 3 is 2.59 bits per heavy atom. The number of carbonyl (C=O) groups excluding carboxylic acids is 1. The maximum atomic E-state index is 11.2. The van der Waals surface area contributed by atoms with E-state index >= 15 is 0 Å². The number of nitrogens with zero attached hydrogens (tertiary/aromatic N) is 2. The van der Waals surface area contributed by atoms with Crippen molar-refractivity contribution in [1.29, 1.82) is 0 Å². The molecule has 0 spiro atoms. The fraction of sp³-hybridized carbons (Fsp3) is 0.545. The first kappa shape index (κ1) is 13.4. The molecule has 1 rings (SSSR count). The molecule has 0 fully saturated rings. The average Bonchev–Trinajstić information content (AvgIpc) is 2.28. The summed E-state index contributed by atoms with van der Waals surface area (Å²) in [6.07, 6.45) is 0.259. The molecule has 3 N–H and O–H groups in total. The van der Waals surface area contributed by atoms with Gasteiger partial charge >= 0.3 is 0 Å². The molecule has 94 valence electrons. The second-order valence-electron chi connectivity index (χ2n) is 4.01. The smallest absolute Gasteiger partial charge is 0.271 e. The van der Waals surface area contributed by atoms with Crippen LogP contribution < -0.4 is 10.6 Å². The third-order valence-electron chi connectivity index (χ3n) is 2.21. The summed E-state index contributed by atoms with van der Waals surface area (Å²) in [5, 5.41) is 22.5. The van der Waals surface area contributed by atoms with Crippen molar-refractivity contribution >= 4 is 11.7 Å². The van der Waals surface area contributed by atoms with Crippen LogP contribution in [0.2, 0.25) is 0 Å². The zero-order valence-corrected chi connectivity index (χ0v) is 10.3. The number of aromatic nitrogens is 2. The monoisotopic (exact) mass is 238 g/mol. The lowest BCUT2D eigenvalue weighted by Crippen LogP contribution is -2.23. The number of amides is 1. The van der Waals surface area contributed by atoms with Crippen LogP contribution in [0.3, 0.4) is 0 Å². The molecule has 0 saturated carbocycles. The first-order valence-electron chi connectivity index (χ1n) is 5.53. The third-order valence-corrected chi connectivity index (χ3v) is 2.21. The Morgan fingerprint density at radius 1 is 1.41 bits per heavy atom. The molecule has 17 heavy (non-hydrogen) atoms. The highest BCUT2D eigenvalue weighted by atomic mass is 16.3. The molecule has 0 aliphatic carbocycles. The summed E-state index contributed by atoms with van der Waals surface area (Å²) < 4.78 is 0. The molecule has 6 nitrogen and oxygen atoms in total. The van der Waals surface area contributed by atoms with Gasteiger partial charge in [-0.2, -0.15) is 0 Å². The minimum absolute atomic E-state index is 0.0927. The maximum Gasteiger partial charge on any atom is 0.271 e. The molecule has 0 aliphatic heterocycles. The number of aliphatic hydroxyl groups excluding tert-OH is 1. The van der Waals surface area contributed by atoms with Gasteiger partial charge in [0, 0.05) is 13.1 Å². The molecular formula is C11H18N4O2. The number of hydrogen-bond donors (Lipinski definition) is 3. The molecular weight excluding hydrogens is 220 g/mol. The molecule has 2 atom stereocenters. The minimum atomic E-state index is -0.365. The van der Waals surface area contributed by atoms with Crippen molar-refractivity contribution < 1.29 is 9.90 Å². The van der Waals surface area contributed by atoms with E-state index in [-0.39, 0.29) is 23.7 Å². The van der Waals surface area contributed by atoms with E-state index in [2.05, 4.69) is 20.8 Å². The molecule has 1 heterocycles. The number of anilines is 1. The highest BCUT2D eigenvalue weighted by Crippen LogP contribution is 2.07. The van der Waals surface area contributed by atoms with Gasteiger partial charge in [-0.25, -0.2) is 0 Å². The first-order valence-corrected chi connectivity index (χ1v) is 5.53. The zero-order chi connectivity index (χ0) is 12.8. The Kier molecular flexibility index (Phi) is 4.84. The lowest BCUT2D eigenvalue weighted by molar-refractivity contribution is 0.0957. The van der Waals surface area contributed by atoms with Gasteiger partial charge in [0.15, 0.2) is 5.69 Å². The van der Waals surface area contributed by atoms with Crippen LogP contribution in [0.25, 0.3) is 0 Å². The molecule has 1 amide bonds. The molecule has 0 aromatic carbocycles. The predicted octanol–water partition coefficient (Wildman–Crippen LogP) is 0.407. The molecule has 0 saturated heterocycles. The van der Waals surface area contributed by atoms with Crippen LogP contribution in [0.4, 0.5) is 5.82 Å². The molecule has 0 radical (unpaired) electrons. The van der Waals surface area contributed by atoms with Crippen LogP contribution >= 0.6 is 0 Å². The van der Waals surface area contributed by atoms with Gasteiger partial charge in [0.05, 0.1) is 6.10 Å². The Bertz CT molecular complexity index is 364. The van der Waals surface area contributed by atoms with Gasteiger partial charge in [-0.1, -0.05) is 0 Å². The Balaban J connectivity index is 2.59. The fourth-order valence-electron chi connectivity index (χ4n) is 1.48. The van der Waals surface area contributed by atoms with Crippen molar-refractivity contribution in [3.63, 3.8) is 0 Å². The van der Waals surface area contributed by atoms with Crippen LogP contribution in [0, 0.1) is 0 Å². The average molecular weight is 238 g/mol. The van der Waals surface area contributed by atoms with Crippen LogP contribution in [0.1, 0.15) is 30.8 Å². The second kappa shape index (κ2) is 6.15. The van der Waals surface area contributed by atoms with E-state index in [1.807, 2.05) is 6.92 Å². The quantitative estimate of drug-likeness (QED) is 0.691. The van der Waals surface area contributed by atoms with Gasteiger partial charge in [0.25, 0.3) is 5.91 Å². The zero-order valence-electron chi connectivity index (χ0n) is 10.3. The number of rotatable bonds is 5. The van der Waals surface area contributed by atoms with Crippen LogP contribution in [0.5, 0.6) is 0 Å². The lowest BCUT2D eigenvalue weighted by Gasteiger charge is -2.15. The number of nitrogens with one attached hydrogen (secondary N) is 2. The summed E-state index contributed by atoms with van der Waals surface area (Å²) in [5.74, 6) is 0.326. The van der Waals surface area contributed by atoms with Crippen LogP contribution in [-0.2, 0) is 0 Å². The van der Waals surface area contributed by atoms with Crippen molar-refractivity contribution in [2.24, 2.45) is 0 Å². The highest BCUT2D eigenvalue weighted by molar-refractivity contribution is 5.91. The normalized spacial score (nSPS) is 13.9. The largest absolute Gasteiger partial charge is 0.393 e. The van der Waals surface area contributed by atoms with Gasteiger partial charge in [0.2, 0.25) is 0 Å². The highest BCUT2D eigenvalue weighted by Gasteiger charge is 2.08. The third kappa shape index (κ3) is 4.36. The van der Waals surface area contributed by atoms with Crippen molar-refractivity contribution in [3.8, 4) is 0 Å². The van der Waals surface area contributed by atoms with E-state index in [1.165, 1.54) is 0 Å². The summed E-state index contributed by atoms with van der Waals surface area (Å²) in [4.78, 5) is 11.2. The van der Waals surface area contributed by atoms with Crippen LogP contribution in [-0.4, -0.2) is 40.4 Å². The van der Waals surface area contributed by atoms with Crippen molar-refractivity contribution in [3.05, 3.63) is 17.8 Å². The molecule has 6 heteroatoms. The maximum absolute atomic E-state index is 11.2. The Morgan fingerprint density at radius 2 is 2.12 bits per heavy atom. The van der Waals surface area contributed by atoms with Crippen molar-refractivity contribution in [2.45, 2.75) is 32.4 Å². The topological polar surface area (TPSA) is 87.1 Å². The number of carbonyl (C=O) groups is 1. The predicted molar refractivity (Wildman–Crippen MR) is 64.8 cm³/mol. The second-order valence-corrected chi connectivity index (χ2v) is 4.01. The lowest BCUT2D eigenvalue weighted by atomic mass is 10.1. The molecule has 0 bridgehead atoms. The van der Waals surface area contributed by atoms with E-state index in [0.717, 1.165) is 0 Å². The van der Waals surface area contributed by atoms with Gasteiger partial charge < -0.3 is 15.7 Å². The van der Waals surface area contributed by atoms with E-state index in [4.69, 9.17) is 0 Å². The van der Waals surface area contributed by atoms with E-state index < -0.39 is 0 Å². The number of aliphatic hydroxyl groups is 1. The molecule has 2 unspecified atom stereocenters. The standard InChI is InChI=1S/C11H18N4O2/c1-7(6-8(2)16)13-10-5-4-9(14-15-10)11(17)12-3/h4-5,7-8,16H,6H2,1-3H3,(H,12,17)(H,13,15). The number of hydrogen-bond acceptors (Lipinski definition) is 5. The van der Waals surface area contributed by atoms with Crippen molar-refractivity contribution in [1.82, 2.24) is 15.5 Å². The van der Waals surface area contributed by atoms with Crippen LogP contribution in [0.15, 0.2) is 12.1 Å². The molecule has 1 aromatic heterocycles. The summed E-state index contributed by atoms with van der Waals surface area (Å²) in [6.45, 7) is 3.68. The van der Waals surface area contributed by atoms with E-state index in [9.17, 15) is 9.90 Å². The SMILES string of the molecule is CNC(=O)c1ccc(NC(C)CC(C)O)nn1. The summed E-state index contributed by atoms with van der Waals surface area (Å²) in [5.41, 5.74) is 0.279. The molecule has 0 aliphatic rings. The van der Waals surface area contributed by atoms with Gasteiger partial charge in [-0.15, -0.1) is 10.2 Å². The summed E-state index contributed by atoms with van der Waals surface area (Å²) in [7, 11) is 1.54. The van der Waals surface area contributed by atoms with Gasteiger partial charge in [0.1, 0.15) is 5.82 Å². The van der Waals surface area contributed by atoms with E-state index in [0.29, 0.717) is 12.2 Å². The summed E-state index contributed by atoms with van der Waals surface area (Å²) in [6, 6.07) is 3.38. The van der Waals surface area contributed by atoms with E-state index in [1.54, 1.807) is 26.1 Å². The minimum Gasteiger partial charge on any atom is -0.393 e. The first-order chi connectivity index (χ1) is 8.02. The fourth-order valence-corrected chi connectivity index (χ4v) is 1.48. The Labute approximate surface area is 100 Å². The van der Waals surface area contributed by atoms with Gasteiger partial charge in [-0.3, -0.25) is 4.79 Å². The Hall–Kier alpha value is -1.69.